The second-order valence-corrected chi connectivity index (χ2v) is 8.97. The van der Waals surface area contributed by atoms with Crippen LogP contribution in [-0.4, -0.2) is 29.5 Å². The van der Waals surface area contributed by atoms with Gasteiger partial charge in [0.2, 0.25) is 0 Å². The number of carbonyl (C=O) groups is 1. The minimum atomic E-state index is -0.186. The smallest absolute Gasteiger partial charge is 0.250 e. The summed E-state index contributed by atoms with van der Waals surface area (Å²) in [6, 6.07) is 15.7. The van der Waals surface area contributed by atoms with Crippen molar-refractivity contribution in [1.29, 1.82) is 0 Å². The summed E-state index contributed by atoms with van der Waals surface area (Å²) in [5.41, 5.74) is 5.35. The van der Waals surface area contributed by atoms with Gasteiger partial charge in [0.15, 0.2) is 4.34 Å². The molecule has 1 aromatic heterocycles. The molecule has 0 aliphatic carbocycles. The van der Waals surface area contributed by atoms with Gasteiger partial charge in [0.25, 0.3) is 5.91 Å². The predicted octanol–water partition coefficient (Wildman–Crippen LogP) is 5.60. The molecule has 0 atom stereocenters. The van der Waals surface area contributed by atoms with E-state index in [2.05, 4.69) is 38.4 Å². The summed E-state index contributed by atoms with van der Waals surface area (Å²) in [6.45, 7) is 2.68. The highest BCUT2D eigenvalue weighted by atomic mass is 79.9. The Morgan fingerprint density at radius 2 is 2.14 bits per heavy atom. The van der Waals surface area contributed by atoms with Crippen LogP contribution in [0, 0.1) is 0 Å². The standard InChI is InChI=1S/C21H20BrN3O2S2/c1-2-10-27-19-9-8-17(22)11-16(19)12-23-25-20(26)14-29-21-24-18(13-28-21)15-6-4-3-5-7-15/h3-9,11-13H,2,10,14H2,1H3,(H,25,26)/b23-12+. The number of ether oxygens (including phenoxy) is 1. The molecule has 1 N–H and O–H groups in total. The lowest BCUT2D eigenvalue weighted by molar-refractivity contribution is -0.118. The number of benzene rings is 2. The number of aromatic nitrogens is 1. The first-order valence-corrected chi connectivity index (χ1v) is 11.7. The van der Waals surface area contributed by atoms with Crippen molar-refractivity contribution in [2.75, 3.05) is 12.4 Å². The quantitative estimate of drug-likeness (QED) is 0.241. The topological polar surface area (TPSA) is 63.6 Å². The van der Waals surface area contributed by atoms with Crippen LogP contribution in [0.5, 0.6) is 5.75 Å². The molecule has 2 aromatic carbocycles. The zero-order valence-electron chi connectivity index (χ0n) is 15.8. The third-order valence-corrected chi connectivity index (χ3v) is 6.22. The maximum Gasteiger partial charge on any atom is 0.250 e. The second-order valence-electron chi connectivity index (χ2n) is 5.98. The van der Waals surface area contributed by atoms with Gasteiger partial charge >= 0.3 is 0 Å². The lowest BCUT2D eigenvalue weighted by atomic mass is 10.2. The molecule has 0 spiro atoms. The normalized spacial score (nSPS) is 11.0. The Hall–Kier alpha value is -2.16. The first kappa shape index (κ1) is 21.5. The molecule has 0 fully saturated rings. The van der Waals surface area contributed by atoms with Gasteiger partial charge in [0.1, 0.15) is 5.75 Å². The minimum Gasteiger partial charge on any atom is -0.493 e. The van der Waals surface area contributed by atoms with Crippen molar-refractivity contribution in [1.82, 2.24) is 10.4 Å². The Balaban J connectivity index is 1.52. The number of hydrogen-bond acceptors (Lipinski definition) is 6. The first-order chi connectivity index (χ1) is 14.2. The number of thiazole rings is 1. The van der Waals surface area contributed by atoms with E-state index in [0.29, 0.717) is 6.61 Å². The third-order valence-electron chi connectivity index (χ3n) is 3.71. The summed E-state index contributed by atoms with van der Waals surface area (Å²) in [5.74, 6) is 0.795. The van der Waals surface area contributed by atoms with Crippen LogP contribution in [0.3, 0.4) is 0 Å². The Kier molecular flexibility index (Phi) is 8.27. The average molecular weight is 490 g/mol. The number of halogens is 1. The highest BCUT2D eigenvalue weighted by molar-refractivity contribution is 9.10. The molecule has 0 aliphatic rings. The van der Waals surface area contributed by atoms with Gasteiger partial charge in [-0.25, -0.2) is 10.4 Å². The molecule has 0 bridgehead atoms. The van der Waals surface area contributed by atoms with Crippen molar-refractivity contribution < 1.29 is 9.53 Å². The van der Waals surface area contributed by atoms with E-state index in [9.17, 15) is 4.79 Å². The summed E-state index contributed by atoms with van der Waals surface area (Å²) in [5, 5.41) is 6.06. The largest absolute Gasteiger partial charge is 0.493 e. The summed E-state index contributed by atoms with van der Waals surface area (Å²) in [6.07, 6.45) is 2.51. The zero-order valence-corrected chi connectivity index (χ0v) is 19.0. The Morgan fingerprint density at radius 1 is 1.31 bits per heavy atom. The van der Waals surface area contributed by atoms with Crippen LogP contribution in [0.1, 0.15) is 18.9 Å². The predicted molar refractivity (Wildman–Crippen MR) is 124 cm³/mol. The van der Waals surface area contributed by atoms with Crippen LogP contribution in [0.25, 0.3) is 11.3 Å². The van der Waals surface area contributed by atoms with Crippen molar-refractivity contribution in [2.24, 2.45) is 5.10 Å². The van der Waals surface area contributed by atoms with E-state index in [1.807, 2.05) is 53.9 Å². The molecule has 0 unspecified atom stereocenters. The average Bonchev–Trinajstić information content (AvgIpc) is 3.21. The minimum absolute atomic E-state index is 0.186. The Morgan fingerprint density at radius 3 is 2.93 bits per heavy atom. The number of hydrogen-bond donors (Lipinski definition) is 1. The van der Waals surface area contributed by atoms with E-state index < -0.39 is 0 Å². The summed E-state index contributed by atoms with van der Waals surface area (Å²) < 4.78 is 7.48. The fraction of sp³-hybridized carbons (Fsp3) is 0.190. The zero-order chi connectivity index (χ0) is 20.5. The van der Waals surface area contributed by atoms with Gasteiger partial charge in [-0.05, 0) is 24.6 Å². The molecule has 5 nitrogen and oxygen atoms in total. The molecule has 0 aliphatic heterocycles. The van der Waals surface area contributed by atoms with Gasteiger partial charge in [0.05, 0.1) is 24.3 Å². The third kappa shape index (κ3) is 6.69. The van der Waals surface area contributed by atoms with Crippen molar-refractivity contribution in [3.63, 3.8) is 0 Å². The molecule has 3 rings (SSSR count). The van der Waals surface area contributed by atoms with E-state index in [0.717, 1.165) is 37.8 Å². The van der Waals surface area contributed by atoms with Crippen LogP contribution in [0.4, 0.5) is 0 Å². The van der Waals surface area contributed by atoms with E-state index in [-0.39, 0.29) is 11.7 Å². The van der Waals surface area contributed by atoms with Crippen molar-refractivity contribution in [2.45, 2.75) is 17.7 Å². The number of nitrogens with one attached hydrogen (secondary N) is 1. The SMILES string of the molecule is CCCOc1ccc(Br)cc1/C=N/NC(=O)CSc1nc(-c2ccccc2)cs1. The number of carbonyl (C=O) groups excluding carboxylic acids is 1. The van der Waals surface area contributed by atoms with Gasteiger partial charge < -0.3 is 4.74 Å². The number of hydrazone groups is 1. The number of rotatable bonds is 9. The van der Waals surface area contributed by atoms with Crippen molar-refractivity contribution in [3.8, 4) is 17.0 Å². The highest BCUT2D eigenvalue weighted by Gasteiger charge is 2.08. The summed E-state index contributed by atoms with van der Waals surface area (Å²) in [4.78, 5) is 16.7. The molecule has 8 heteroatoms. The fourth-order valence-electron chi connectivity index (χ4n) is 2.36. The van der Waals surface area contributed by atoms with Gasteiger partial charge in [-0.15, -0.1) is 11.3 Å². The monoisotopic (exact) mass is 489 g/mol. The van der Waals surface area contributed by atoms with Gasteiger partial charge in [-0.3, -0.25) is 4.79 Å². The van der Waals surface area contributed by atoms with Crippen molar-refractivity contribution >= 4 is 51.2 Å². The fourth-order valence-corrected chi connectivity index (χ4v) is 4.37. The molecule has 0 saturated heterocycles. The molecule has 29 heavy (non-hydrogen) atoms. The molecule has 1 heterocycles. The van der Waals surface area contributed by atoms with Crippen LogP contribution in [-0.2, 0) is 4.79 Å². The van der Waals surface area contributed by atoms with Crippen LogP contribution in [0.15, 0.2) is 67.8 Å². The van der Waals surface area contributed by atoms with Crippen LogP contribution in [0.2, 0.25) is 0 Å². The Bertz CT molecular complexity index is 977. The van der Waals surface area contributed by atoms with E-state index in [4.69, 9.17) is 4.74 Å². The molecular formula is C21H20BrN3O2S2. The summed E-state index contributed by atoms with van der Waals surface area (Å²) >= 11 is 6.37. The number of amides is 1. The maximum absolute atomic E-state index is 12.1. The molecule has 0 saturated carbocycles. The van der Waals surface area contributed by atoms with Crippen LogP contribution < -0.4 is 10.2 Å². The highest BCUT2D eigenvalue weighted by Crippen LogP contribution is 2.28. The Labute approximate surface area is 186 Å². The maximum atomic E-state index is 12.1. The lowest BCUT2D eigenvalue weighted by Crippen LogP contribution is -2.19. The first-order valence-electron chi connectivity index (χ1n) is 9.03. The lowest BCUT2D eigenvalue weighted by Gasteiger charge is -2.08. The molecule has 3 aromatic rings. The van der Waals surface area contributed by atoms with Gasteiger partial charge in [0, 0.05) is 21.0 Å². The van der Waals surface area contributed by atoms with E-state index >= 15 is 0 Å². The van der Waals surface area contributed by atoms with Gasteiger partial charge in [-0.2, -0.15) is 5.10 Å². The van der Waals surface area contributed by atoms with Crippen molar-refractivity contribution in [3.05, 3.63) is 63.9 Å². The molecule has 0 radical (unpaired) electrons. The summed E-state index contributed by atoms with van der Waals surface area (Å²) in [7, 11) is 0. The van der Waals surface area contributed by atoms with E-state index in [1.165, 1.54) is 23.1 Å². The molecule has 150 valence electrons. The van der Waals surface area contributed by atoms with Crippen LogP contribution >= 0.6 is 39.0 Å². The number of thioether (sulfide) groups is 1. The van der Waals surface area contributed by atoms with E-state index in [1.54, 1.807) is 6.21 Å². The molecular weight excluding hydrogens is 470 g/mol. The van der Waals surface area contributed by atoms with Gasteiger partial charge in [-0.1, -0.05) is 64.9 Å². The number of nitrogens with zero attached hydrogens (tertiary/aromatic N) is 2. The molecule has 1 amide bonds. The second kappa shape index (κ2) is 11.1.